The highest BCUT2D eigenvalue weighted by Crippen LogP contribution is 2.34. The fourth-order valence-electron chi connectivity index (χ4n) is 3.41. The first kappa shape index (κ1) is 20.5. The Balaban J connectivity index is 1.73. The van der Waals surface area contributed by atoms with Gasteiger partial charge in [-0.1, -0.05) is 6.07 Å². The van der Waals surface area contributed by atoms with Crippen molar-refractivity contribution in [2.45, 2.75) is 18.9 Å². The molecule has 30 heavy (non-hydrogen) atoms. The van der Waals surface area contributed by atoms with E-state index in [9.17, 15) is 13.7 Å². The number of benzene rings is 2. The van der Waals surface area contributed by atoms with Crippen LogP contribution in [0.4, 0.5) is 10.1 Å². The SMILES string of the molecule is CS(C)(=O)=Nc1cc(O)c2c(Cc3ccc(F)cc3O[C@H]3CCOC3)ncnc2c1. The Hall–Kier alpha value is -2.78. The van der Waals surface area contributed by atoms with E-state index in [0.717, 1.165) is 12.0 Å². The molecule has 0 amide bonds. The van der Waals surface area contributed by atoms with Crippen molar-refractivity contribution in [1.82, 2.24) is 9.97 Å². The lowest BCUT2D eigenvalue weighted by molar-refractivity contribution is 0.140. The van der Waals surface area contributed by atoms with Crippen LogP contribution >= 0.6 is 0 Å². The first-order valence-electron chi connectivity index (χ1n) is 9.45. The molecule has 2 aromatic carbocycles. The molecule has 158 valence electrons. The van der Waals surface area contributed by atoms with Gasteiger partial charge in [0, 0.05) is 52.8 Å². The van der Waals surface area contributed by atoms with Crippen LogP contribution in [0.25, 0.3) is 10.9 Å². The molecule has 1 atom stereocenters. The Kier molecular flexibility index (Phi) is 5.57. The van der Waals surface area contributed by atoms with E-state index in [1.807, 2.05) is 0 Å². The maximum Gasteiger partial charge on any atom is 0.129 e. The Bertz CT molecular complexity index is 1210. The summed E-state index contributed by atoms with van der Waals surface area (Å²) in [6, 6.07) is 7.47. The lowest BCUT2D eigenvalue weighted by Crippen LogP contribution is -2.17. The van der Waals surface area contributed by atoms with Crippen LogP contribution < -0.4 is 4.74 Å². The molecule has 4 rings (SSSR count). The van der Waals surface area contributed by atoms with E-state index in [0.29, 0.717) is 47.7 Å². The third-order valence-corrected chi connectivity index (χ3v) is 5.32. The van der Waals surface area contributed by atoms with Gasteiger partial charge in [-0.2, -0.15) is 4.36 Å². The third-order valence-electron chi connectivity index (χ3n) is 4.67. The van der Waals surface area contributed by atoms with Gasteiger partial charge in [-0.15, -0.1) is 0 Å². The molecule has 1 fully saturated rings. The van der Waals surface area contributed by atoms with Gasteiger partial charge in [0.05, 0.1) is 35.5 Å². The van der Waals surface area contributed by atoms with Crippen molar-refractivity contribution in [3.8, 4) is 11.5 Å². The van der Waals surface area contributed by atoms with E-state index >= 15 is 0 Å². The highest BCUT2D eigenvalue weighted by atomic mass is 32.2. The number of phenolic OH excluding ortho intramolecular Hbond substituents is 1. The molecular weight excluding hydrogens is 409 g/mol. The number of aromatic hydroxyl groups is 1. The van der Waals surface area contributed by atoms with Crippen LogP contribution in [0, 0.1) is 5.82 Å². The van der Waals surface area contributed by atoms with Crippen LogP contribution in [0.5, 0.6) is 11.5 Å². The number of aromatic nitrogens is 2. The molecule has 0 spiro atoms. The topological polar surface area (TPSA) is 93.9 Å². The maximum absolute atomic E-state index is 13.8. The lowest BCUT2D eigenvalue weighted by Gasteiger charge is -2.16. The molecular formula is C21H22FN3O4S. The van der Waals surface area contributed by atoms with Gasteiger partial charge in [-0.3, -0.25) is 0 Å². The zero-order valence-electron chi connectivity index (χ0n) is 16.7. The van der Waals surface area contributed by atoms with E-state index in [1.54, 1.807) is 12.1 Å². The first-order chi connectivity index (χ1) is 14.3. The van der Waals surface area contributed by atoms with Crippen molar-refractivity contribution in [3.63, 3.8) is 0 Å². The smallest absolute Gasteiger partial charge is 0.129 e. The number of hydrogen-bond donors (Lipinski definition) is 1. The average Bonchev–Trinajstić information content (AvgIpc) is 3.15. The van der Waals surface area contributed by atoms with Crippen LogP contribution in [0.2, 0.25) is 0 Å². The summed E-state index contributed by atoms with van der Waals surface area (Å²) in [5, 5.41) is 11.1. The van der Waals surface area contributed by atoms with Crippen LogP contribution in [0.15, 0.2) is 41.0 Å². The summed E-state index contributed by atoms with van der Waals surface area (Å²) in [6.07, 6.45) is 5.37. The predicted octanol–water partition coefficient (Wildman–Crippen LogP) is 3.59. The van der Waals surface area contributed by atoms with Crippen LogP contribution in [0.3, 0.4) is 0 Å². The zero-order chi connectivity index (χ0) is 21.3. The molecule has 1 saturated heterocycles. The Labute approximate surface area is 174 Å². The number of ether oxygens (including phenoxy) is 2. The second-order valence-electron chi connectivity index (χ2n) is 7.48. The van der Waals surface area contributed by atoms with Crippen molar-refractivity contribution in [2.75, 3.05) is 25.7 Å². The second-order valence-corrected chi connectivity index (χ2v) is 10.0. The van der Waals surface area contributed by atoms with Gasteiger partial charge in [0.15, 0.2) is 0 Å². The molecule has 0 radical (unpaired) electrons. The van der Waals surface area contributed by atoms with Crippen molar-refractivity contribution < 1.29 is 23.2 Å². The normalized spacial score (nSPS) is 16.7. The van der Waals surface area contributed by atoms with Gasteiger partial charge in [0.2, 0.25) is 0 Å². The molecule has 9 heteroatoms. The van der Waals surface area contributed by atoms with Crippen LogP contribution in [0.1, 0.15) is 17.7 Å². The van der Waals surface area contributed by atoms with E-state index in [1.165, 1.54) is 37.0 Å². The predicted molar refractivity (Wildman–Crippen MR) is 112 cm³/mol. The zero-order valence-corrected chi connectivity index (χ0v) is 17.5. The van der Waals surface area contributed by atoms with Crippen molar-refractivity contribution >= 4 is 26.3 Å². The minimum Gasteiger partial charge on any atom is -0.507 e. The summed E-state index contributed by atoms with van der Waals surface area (Å²) in [5.74, 6) is -0.0172. The number of fused-ring (bicyclic) bond motifs is 1. The van der Waals surface area contributed by atoms with E-state index in [-0.39, 0.29) is 11.9 Å². The van der Waals surface area contributed by atoms with Gasteiger partial charge in [-0.05, 0) is 12.1 Å². The number of nitrogens with zero attached hydrogens (tertiary/aromatic N) is 3. The summed E-state index contributed by atoms with van der Waals surface area (Å²) >= 11 is 0. The number of halogens is 1. The third kappa shape index (κ3) is 4.68. The summed E-state index contributed by atoms with van der Waals surface area (Å²) in [6.45, 7) is 1.09. The van der Waals surface area contributed by atoms with Crippen molar-refractivity contribution in [3.05, 3.63) is 53.7 Å². The van der Waals surface area contributed by atoms with E-state index in [2.05, 4.69) is 14.3 Å². The fraction of sp³-hybridized carbons (Fsp3) is 0.333. The van der Waals surface area contributed by atoms with E-state index < -0.39 is 15.5 Å². The molecule has 7 nitrogen and oxygen atoms in total. The van der Waals surface area contributed by atoms with Gasteiger partial charge in [-0.25, -0.2) is 18.6 Å². The first-order valence-corrected chi connectivity index (χ1v) is 11.8. The Morgan fingerprint density at radius 1 is 1.30 bits per heavy atom. The molecule has 1 aromatic heterocycles. The van der Waals surface area contributed by atoms with Gasteiger partial charge in [0.1, 0.15) is 29.7 Å². The highest BCUT2D eigenvalue weighted by molar-refractivity contribution is 7.92. The number of phenols is 1. The molecule has 1 N–H and O–H groups in total. The number of hydrogen-bond acceptors (Lipinski definition) is 7. The molecule has 0 bridgehead atoms. The van der Waals surface area contributed by atoms with Crippen molar-refractivity contribution in [1.29, 1.82) is 0 Å². The summed E-state index contributed by atoms with van der Waals surface area (Å²) in [5.41, 5.74) is 2.17. The molecule has 2 heterocycles. The van der Waals surface area contributed by atoms with Crippen LogP contribution in [-0.2, 0) is 20.9 Å². The molecule has 0 aliphatic carbocycles. The lowest BCUT2D eigenvalue weighted by atomic mass is 10.0. The van der Waals surface area contributed by atoms with Gasteiger partial charge < -0.3 is 14.6 Å². The standard InChI is InChI=1S/C21H22FN3O4S/c1-30(2,27)25-15-9-18-21(19(26)10-15)17(23-12-24-18)7-13-3-4-14(22)8-20(13)29-16-5-6-28-11-16/h3-4,8-10,12,16,26H,5-7,11H2,1-2H3/t16-/m0/s1. The summed E-state index contributed by atoms with van der Waals surface area (Å²) in [4.78, 5) is 8.55. The van der Waals surface area contributed by atoms with E-state index in [4.69, 9.17) is 9.47 Å². The minimum atomic E-state index is -2.38. The largest absolute Gasteiger partial charge is 0.507 e. The second kappa shape index (κ2) is 8.16. The van der Waals surface area contributed by atoms with Gasteiger partial charge >= 0.3 is 0 Å². The van der Waals surface area contributed by atoms with Crippen LogP contribution in [-0.4, -0.2) is 51.1 Å². The molecule has 1 aliphatic rings. The van der Waals surface area contributed by atoms with Gasteiger partial charge in [0.25, 0.3) is 0 Å². The van der Waals surface area contributed by atoms with Crippen molar-refractivity contribution in [2.24, 2.45) is 4.36 Å². The molecule has 0 unspecified atom stereocenters. The average molecular weight is 431 g/mol. The Morgan fingerprint density at radius 3 is 2.87 bits per heavy atom. The quantitative estimate of drug-likeness (QED) is 0.664. The summed E-state index contributed by atoms with van der Waals surface area (Å²) < 4.78 is 41.3. The number of rotatable bonds is 5. The molecule has 0 saturated carbocycles. The maximum atomic E-state index is 13.8. The minimum absolute atomic E-state index is 0.0562. The Morgan fingerprint density at radius 2 is 2.13 bits per heavy atom. The molecule has 1 aliphatic heterocycles. The summed E-state index contributed by atoms with van der Waals surface area (Å²) in [7, 11) is -2.38. The molecule has 3 aromatic rings. The monoisotopic (exact) mass is 431 g/mol. The highest BCUT2D eigenvalue weighted by Gasteiger charge is 2.20. The fourth-order valence-corrected chi connectivity index (χ4v) is 4.02.